The molecule has 1 saturated heterocycles. The molecule has 1 aliphatic carbocycles. The number of aromatic nitrogens is 2. The van der Waals surface area contributed by atoms with Crippen LogP contribution in [0.2, 0.25) is 0 Å². The lowest BCUT2D eigenvalue weighted by Gasteiger charge is -2.34. The van der Waals surface area contributed by atoms with E-state index in [2.05, 4.69) is 35.6 Å². The van der Waals surface area contributed by atoms with Crippen molar-refractivity contribution in [1.82, 2.24) is 14.5 Å². The number of amides is 1. The highest BCUT2D eigenvalue weighted by Gasteiger charge is 2.35. The minimum Gasteiger partial charge on any atom is -0.342 e. The van der Waals surface area contributed by atoms with E-state index in [0.29, 0.717) is 28.9 Å². The van der Waals surface area contributed by atoms with Crippen LogP contribution in [0.1, 0.15) is 77.6 Å². The van der Waals surface area contributed by atoms with E-state index in [1.165, 1.54) is 18.4 Å². The van der Waals surface area contributed by atoms with Crippen LogP contribution in [-0.2, 0) is 18.3 Å². The molecule has 2 fully saturated rings. The van der Waals surface area contributed by atoms with Gasteiger partial charge in [0.15, 0.2) is 5.78 Å². The number of benzene rings is 1. The number of rotatable bonds is 5. The summed E-state index contributed by atoms with van der Waals surface area (Å²) >= 11 is 0. The normalized spacial score (nSPS) is 20.6. The fourth-order valence-electron chi connectivity index (χ4n) is 6.26. The molecule has 1 amide bonds. The molecule has 1 aliphatic heterocycles. The Morgan fingerprint density at radius 2 is 1.94 bits per heavy atom. The van der Waals surface area contributed by atoms with Crippen LogP contribution >= 0.6 is 0 Å². The van der Waals surface area contributed by atoms with Gasteiger partial charge >= 0.3 is 0 Å². The first-order valence-electron chi connectivity index (χ1n) is 13.1. The maximum absolute atomic E-state index is 13.1. The highest BCUT2D eigenvalue weighted by atomic mass is 16.2. The van der Waals surface area contributed by atoms with Crippen molar-refractivity contribution in [3.8, 4) is 6.07 Å². The summed E-state index contributed by atoms with van der Waals surface area (Å²) in [7, 11) is 2.02. The van der Waals surface area contributed by atoms with Crippen molar-refractivity contribution in [2.45, 2.75) is 58.3 Å². The Morgan fingerprint density at radius 1 is 1.17 bits per heavy atom. The molecule has 0 spiro atoms. The van der Waals surface area contributed by atoms with Gasteiger partial charge in [-0.2, -0.15) is 5.26 Å². The first-order valence-corrected chi connectivity index (χ1v) is 13.1. The summed E-state index contributed by atoms with van der Waals surface area (Å²) in [6, 6.07) is 8.98. The number of carbonyl (C=O) groups excluding carboxylic acids is 2. The van der Waals surface area contributed by atoms with Crippen molar-refractivity contribution < 1.29 is 9.59 Å². The molecule has 2 aliphatic rings. The van der Waals surface area contributed by atoms with Crippen molar-refractivity contribution in [2.75, 3.05) is 13.1 Å². The molecular weight excluding hydrogens is 448 g/mol. The van der Waals surface area contributed by atoms with E-state index in [9.17, 15) is 14.9 Å². The smallest absolute Gasteiger partial charge is 0.225 e. The molecule has 6 nitrogen and oxygen atoms in total. The molecule has 2 atom stereocenters. The van der Waals surface area contributed by atoms with Gasteiger partial charge in [0.25, 0.3) is 0 Å². The van der Waals surface area contributed by atoms with Gasteiger partial charge < -0.3 is 9.47 Å². The molecule has 3 heterocycles. The molecule has 186 valence electrons. The van der Waals surface area contributed by atoms with Crippen LogP contribution in [0.15, 0.2) is 36.7 Å². The summed E-state index contributed by atoms with van der Waals surface area (Å²) in [5.41, 5.74) is 5.27. The third-order valence-corrected chi connectivity index (χ3v) is 8.47. The number of likely N-dealkylation sites (tertiary alicyclic amines) is 1. The molecule has 2 aromatic heterocycles. The maximum atomic E-state index is 13.1. The second-order valence-corrected chi connectivity index (χ2v) is 10.7. The zero-order chi connectivity index (χ0) is 25.4. The van der Waals surface area contributed by atoms with Crippen LogP contribution in [0, 0.1) is 30.1 Å². The first kappa shape index (κ1) is 24.2. The van der Waals surface area contributed by atoms with Crippen LogP contribution < -0.4 is 0 Å². The largest absolute Gasteiger partial charge is 0.342 e. The molecule has 1 saturated carbocycles. The van der Waals surface area contributed by atoms with Gasteiger partial charge in [-0.1, -0.05) is 25.5 Å². The standard InChI is InChI=1S/C30H34N4O2/c1-19-6-4-9-25(19)30(36)34-12-10-22(11-13-34)26-18-33(3)29-28(26)20(2)24(17-32-29)15-27(35)23-8-5-7-21(14-23)16-31/h5,7-8,14,17-19,22,25H,4,6,9-13,15H2,1-3H3/t19-,25-/m0/s1. The molecule has 0 N–H and O–H groups in total. The van der Waals surface area contributed by atoms with Gasteiger partial charge in [0.05, 0.1) is 11.6 Å². The topological polar surface area (TPSA) is 79.0 Å². The number of hydrogen-bond donors (Lipinski definition) is 0. The van der Waals surface area contributed by atoms with Crippen LogP contribution in [0.5, 0.6) is 0 Å². The Balaban J connectivity index is 1.36. The van der Waals surface area contributed by atoms with Crippen molar-refractivity contribution in [3.05, 3.63) is 64.5 Å². The molecule has 0 radical (unpaired) electrons. The van der Waals surface area contributed by atoms with Crippen LogP contribution in [-0.4, -0.2) is 39.2 Å². The third-order valence-electron chi connectivity index (χ3n) is 8.47. The number of Topliss-reactive ketones (excluding diaryl/α,β-unsaturated/α-hetero) is 1. The summed E-state index contributed by atoms with van der Waals surface area (Å²) in [5, 5.41) is 10.3. The van der Waals surface area contributed by atoms with E-state index < -0.39 is 0 Å². The van der Waals surface area contributed by atoms with E-state index >= 15 is 0 Å². The number of hydrogen-bond acceptors (Lipinski definition) is 4. The average molecular weight is 483 g/mol. The minimum absolute atomic E-state index is 0.0122. The molecular formula is C30H34N4O2. The predicted octanol–water partition coefficient (Wildman–Crippen LogP) is 5.32. The minimum atomic E-state index is -0.0122. The fourth-order valence-corrected chi connectivity index (χ4v) is 6.26. The molecule has 0 unspecified atom stereocenters. The molecule has 3 aromatic rings. The van der Waals surface area contributed by atoms with Gasteiger partial charge in [0.2, 0.25) is 5.91 Å². The average Bonchev–Trinajstić information content (AvgIpc) is 3.48. The molecule has 36 heavy (non-hydrogen) atoms. The first-order chi connectivity index (χ1) is 17.4. The molecule has 1 aromatic carbocycles. The van der Waals surface area contributed by atoms with Gasteiger partial charge in [-0.15, -0.1) is 0 Å². The lowest BCUT2D eigenvalue weighted by molar-refractivity contribution is -0.137. The summed E-state index contributed by atoms with van der Waals surface area (Å²) < 4.78 is 2.08. The number of pyridine rings is 1. The number of ketones is 1. The van der Waals surface area contributed by atoms with Crippen molar-refractivity contribution in [1.29, 1.82) is 5.26 Å². The number of fused-ring (bicyclic) bond motifs is 1. The molecule has 0 bridgehead atoms. The van der Waals surface area contributed by atoms with Crippen LogP contribution in [0.3, 0.4) is 0 Å². The number of carbonyl (C=O) groups is 2. The summed E-state index contributed by atoms with van der Waals surface area (Å²) in [6.07, 6.45) is 9.55. The summed E-state index contributed by atoms with van der Waals surface area (Å²) in [5.74, 6) is 1.43. The van der Waals surface area contributed by atoms with E-state index in [4.69, 9.17) is 4.98 Å². The quantitative estimate of drug-likeness (QED) is 0.461. The zero-order valence-electron chi connectivity index (χ0n) is 21.5. The summed E-state index contributed by atoms with van der Waals surface area (Å²) in [4.78, 5) is 32.9. The Morgan fingerprint density at radius 3 is 2.64 bits per heavy atom. The van der Waals surface area contributed by atoms with Gasteiger partial charge in [0, 0.05) is 55.8 Å². The second-order valence-electron chi connectivity index (χ2n) is 10.7. The lowest BCUT2D eigenvalue weighted by Crippen LogP contribution is -2.42. The highest BCUT2D eigenvalue weighted by Crippen LogP contribution is 2.38. The Hall–Kier alpha value is -3.46. The SMILES string of the molecule is Cc1c(CC(=O)c2cccc(C#N)c2)cnc2c1c(C1CCN(C(=O)[C@H]3CCC[C@@H]3C)CC1)cn2C. The highest BCUT2D eigenvalue weighted by molar-refractivity contribution is 5.98. The zero-order valence-corrected chi connectivity index (χ0v) is 21.5. The predicted molar refractivity (Wildman–Crippen MR) is 140 cm³/mol. The number of aryl methyl sites for hydroxylation is 2. The fraction of sp³-hybridized carbons (Fsp3) is 0.467. The van der Waals surface area contributed by atoms with E-state index in [0.717, 1.165) is 54.5 Å². The van der Waals surface area contributed by atoms with Crippen molar-refractivity contribution in [3.63, 3.8) is 0 Å². The van der Waals surface area contributed by atoms with Gasteiger partial charge in [0.1, 0.15) is 5.65 Å². The Kier molecular flexibility index (Phi) is 6.66. The van der Waals surface area contributed by atoms with Crippen molar-refractivity contribution in [2.24, 2.45) is 18.9 Å². The molecule has 5 rings (SSSR count). The lowest BCUT2D eigenvalue weighted by atomic mass is 9.86. The molecule has 6 heteroatoms. The van der Waals surface area contributed by atoms with Crippen LogP contribution in [0.4, 0.5) is 0 Å². The Labute approximate surface area is 212 Å². The third kappa shape index (κ3) is 4.43. The van der Waals surface area contributed by atoms with Gasteiger partial charge in [-0.25, -0.2) is 4.98 Å². The second kappa shape index (κ2) is 9.89. The number of nitrogens with zero attached hydrogens (tertiary/aromatic N) is 4. The number of nitriles is 1. The van der Waals surface area contributed by atoms with E-state index in [-0.39, 0.29) is 18.1 Å². The van der Waals surface area contributed by atoms with Crippen LogP contribution in [0.25, 0.3) is 11.0 Å². The Bertz CT molecular complexity index is 1360. The maximum Gasteiger partial charge on any atom is 0.225 e. The number of piperidine rings is 1. The monoisotopic (exact) mass is 482 g/mol. The van der Waals surface area contributed by atoms with Crippen molar-refractivity contribution >= 4 is 22.7 Å². The van der Waals surface area contributed by atoms with Gasteiger partial charge in [-0.3, -0.25) is 9.59 Å². The van der Waals surface area contributed by atoms with E-state index in [1.54, 1.807) is 24.3 Å². The summed E-state index contributed by atoms with van der Waals surface area (Å²) in [6.45, 7) is 5.92. The van der Waals surface area contributed by atoms with E-state index in [1.807, 2.05) is 13.2 Å². The van der Waals surface area contributed by atoms with Gasteiger partial charge in [-0.05, 0) is 73.3 Å².